The number of hydrogen-bond donors (Lipinski definition) is 1. The number of aromatic amines is 1. The van der Waals surface area contributed by atoms with Crippen LogP contribution in [0.5, 0.6) is 0 Å². The molecule has 0 spiro atoms. The van der Waals surface area contributed by atoms with Gasteiger partial charge < -0.3 is 9.88 Å². The molecular formula is C13H18F3N3O2. The Labute approximate surface area is 120 Å². The first-order chi connectivity index (χ1) is 9.62. The van der Waals surface area contributed by atoms with E-state index in [9.17, 15) is 22.8 Å². The molecule has 0 aliphatic heterocycles. The van der Waals surface area contributed by atoms with Gasteiger partial charge in [0.15, 0.2) is 0 Å². The maximum Gasteiger partial charge on any atom is 0.406 e. The van der Waals surface area contributed by atoms with E-state index < -0.39 is 24.3 Å². The molecule has 1 aromatic rings. The van der Waals surface area contributed by atoms with Crippen LogP contribution >= 0.6 is 0 Å². The van der Waals surface area contributed by atoms with E-state index in [-0.39, 0.29) is 18.2 Å². The van der Waals surface area contributed by atoms with E-state index in [0.29, 0.717) is 17.0 Å². The number of nitrogens with zero attached hydrogens (tertiary/aromatic N) is 2. The van der Waals surface area contributed by atoms with E-state index in [4.69, 9.17) is 0 Å². The molecule has 0 aliphatic carbocycles. The van der Waals surface area contributed by atoms with Crippen LogP contribution < -0.4 is 5.69 Å². The van der Waals surface area contributed by atoms with E-state index in [1.807, 2.05) is 13.8 Å². The Hall–Kier alpha value is -1.86. The normalized spacial score (nSPS) is 11.8. The molecule has 1 N–H and O–H groups in total. The lowest BCUT2D eigenvalue weighted by atomic mass is 10.1. The predicted molar refractivity (Wildman–Crippen MR) is 71.0 cm³/mol. The van der Waals surface area contributed by atoms with Crippen LogP contribution in [0.15, 0.2) is 10.9 Å². The number of H-pyrrole nitrogens is 1. The summed E-state index contributed by atoms with van der Waals surface area (Å²) in [5.41, 5.74) is -0.517. The van der Waals surface area contributed by atoms with Crippen LogP contribution in [0.4, 0.5) is 13.2 Å². The molecular weight excluding hydrogens is 287 g/mol. The van der Waals surface area contributed by atoms with Gasteiger partial charge >= 0.3 is 11.9 Å². The SMILES string of the molecule is CCN(CC(F)(F)F)C(=O)c1cc(CC(C)C)[nH]c(=O)n1. The summed E-state index contributed by atoms with van der Waals surface area (Å²) in [5.74, 6) is -0.672. The lowest BCUT2D eigenvalue weighted by Gasteiger charge is -2.21. The van der Waals surface area contributed by atoms with Gasteiger partial charge in [0.2, 0.25) is 0 Å². The topological polar surface area (TPSA) is 66.1 Å². The van der Waals surface area contributed by atoms with Gasteiger partial charge in [0.1, 0.15) is 12.2 Å². The van der Waals surface area contributed by atoms with Gasteiger partial charge in [-0.15, -0.1) is 0 Å². The smallest absolute Gasteiger partial charge is 0.328 e. The summed E-state index contributed by atoms with van der Waals surface area (Å²) in [4.78, 5) is 30.0. The molecule has 1 amide bonds. The number of halogens is 3. The molecule has 0 unspecified atom stereocenters. The maximum atomic E-state index is 12.4. The maximum absolute atomic E-state index is 12.4. The number of hydrogen-bond acceptors (Lipinski definition) is 3. The van der Waals surface area contributed by atoms with Gasteiger partial charge in [-0.25, -0.2) is 4.79 Å². The third kappa shape index (κ3) is 5.57. The van der Waals surface area contributed by atoms with Gasteiger partial charge in [-0.2, -0.15) is 18.2 Å². The monoisotopic (exact) mass is 305 g/mol. The van der Waals surface area contributed by atoms with Gasteiger partial charge in [-0.05, 0) is 25.3 Å². The van der Waals surface area contributed by atoms with Crippen molar-refractivity contribution in [3.63, 3.8) is 0 Å². The van der Waals surface area contributed by atoms with Gasteiger partial charge in [0.05, 0.1) is 0 Å². The molecule has 0 saturated heterocycles. The fourth-order valence-corrected chi connectivity index (χ4v) is 1.87. The molecule has 8 heteroatoms. The van der Waals surface area contributed by atoms with Crippen molar-refractivity contribution in [3.8, 4) is 0 Å². The summed E-state index contributed by atoms with van der Waals surface area (Å²) >= 11 is 0. The Morgan fingerprint density at radius 3 is 2.52 bits per heavy atom. The summed E-state index contributed by atoms with van der Waals surface area (Å²) in [5, 5.41) is 0. The highest BCUT2D eigenvalue weighted by molar-refractivity contribution is 5.92. The van der Waals surface area contributed by atoms with Crippen LogP contribution in [0.25, 0.3) is 0 Å². The molecule has 1 heterocycles. The molecule has 0 aliphatic rings. The zero-order valence-corrected chi connectivity index (χ0v) is 12.1. The van der Waals surface area contributed by atoms with E-state index in [0.717, 1.165) is 0 Å². The van der Waals surface area contributed by atoms with Crippen molar-refractivity contribution in [3.05, 3.63) is 27.9 Å². The second-order valence-electron chi connectivity index (χ2n) is 5.13. The fraction of sp³-hybridized carbons (Fsp3) is 0.615. The van der Waals surface area contributed by atoms with Crippen LogP contribution in [0.3, 0.4) is 0 Å². The Bertz CT molecular complexity index is 552. The number of amides is 1. The van der Waals surface area contributed by atoms with Crippen LogP contribution in [0.1, 0.15) is 37.0 Å². The predicted octanol–water partition coefficient (Wildman–Crippen LogP) is 1.99. The molecule has 0 aromatic carbocycles. The molecule has 0 atom stereocenters. The molecule has 0 fully saturated rings. The van der Waals surface area contributed by atoms with Crippen molar-refractivity contribution in [1.29, 1.82) is 0 Å². The highest BCUT2D eigenvalue weighted by atomic mass is 19.4. The van der Waals surface area contributed by atoms with E-state index in [1.165, 1.54) is 13.0 Å². The third-order valence-corrected chi connectivity index (χ3v) is 2.69. The van der Waals surface area contributed by atoms with Crippen molar-refractivity contribution >= 4 is 5.91 Å². The summed E-state index contributed by atoms with van der Waals surface area (Å²) in [6, 6.07) is 1.34. The molecule has 1 aromatic heterocycles. The van der Waals surface area contributed by atoms with E-state index >= 15 is 0 Å². The molecule has 21 heavy (non-hydrogen) atoms. The van der Waals surface area contributed by atoms with Crippen LogP contribution in [-0.4, -0.2) is 40.0 Å². The number of aromatic nitrogens is 2. The van der Waals surface area contributed by atoms with Crippen LogP contribution in [0.2, 0.25) is 0 Å². The highest BCUT2D eigenvalue weighted by Crippen LogP contribution is 2.17. The average Bonchev–Trinajstić information content (AvgIpc) is 2.32. The lowest BCUT2D eigenvalue weighted by molar-refractivity contribution is -0.140. The number of alkyl halides is 3. The number of nitrogens with one attached hydrogen (secondary N) is 1. The zero-order valence-electron chi connectivity index (χ0n) is 12.1. The van der Waals surface area contributed by atoms with Crippen molar-refractivity contribution in [2.45, 2.75) is 33.4 Å². The minimum Gasteiger partial charge on any atom is -0.328 e. The van der Waals surface area contributed by atoms with Crippen molar-refractivity contribution < 1.29 is 18.0 Å². The van der Waals surface area contributed by atoms with Gasteiger partial charge in [0.25, 0.3) is 5.91 Å². The first-order valence-electron chi connectivity index (χ1n) is 6.58. The molecule has 5 nitrogen and oxygen atoms in total. The van der Waals surface area contributed by atoms with Crippen LogP contribution in [0, 0.1) is 5.92 Å². The quantitative estimate of drug-likeness (QED) is 0.904. The van der Waals surface area contributed by atoms with Crippen molar-refractivity contribution in [2.24, 2.45) is 5.92 Å². The van der Waals surface area contributed by atoms with Gasteiger partial charge in [-0.1, -0.05) is 13.8 Å². The third-order valence-electron chi connectivity index (χ3n) is 2.69. The van der Waals surface area contributed by atoms with Gasteiger partial charge in [0, 0.05) is 12.2 Å². The molecule has 118 valence electrons. The summed E-state index contributed by atoms with van der Waals surface area (Å²) in [6.45, 7) is 3.79. The van der Waals surface area contributed by atoms with Crippen molar-refractivity contribution in [2.75, 3.05) is 13.1 Å². The lowest BCUT2D eigenvalue weighted by Crippen LogP contribution is -2.40. The van der Waals surface area contributed by atoms with E-state index in [1.54, 1.807) is 0 Å². The molecule has 1 rings (SSSR count). The minimum atomic E-state index is -4.49. The first-order valence-corrected chi connectivity index (χ1v) is 6.58. The Balaban J connectivity index is 3.05. The highest BCUT2D eigenvalue weighted by Gasteiger charge is 2.33. The Morgan fingerprint density at radius 2 is 2.05 bits per heavy atom. The zero-order chi connectivity index (χ0) is 16.2. The standard InChI is InChI=1S/C13H18F3N3O2/c1-4-19(7-13(14,15)16)11(20)10-6-9(5-8(2)3)17-12(21)18-10/h6,8H,4-5,7H2,1-3H3,(H,17,18,21). The number of carbonyl (C=O) groups excluding carboxylic acids is 1. The first kappa shape index (κ1) is 17.2. The molecule has 0 radical (unpaired) electrons. The largest absolute Gasteiger partial charge is 0.406 e. The van der Waals surface area contributed by atoms with Crippen molar-refractivity contribution in [1.82, 2.24) is 14.9 Å². The second-order valence-corrected chi connectivity index (χ2v) is 5.13. The Kier molecular flexibility index (Phi) is 5.51. The second kappa shape index (κ2) is 6.73. The van der Waals surface area contributed by atoms with Gasteiger partial charge in [-0.3, -0.25) is 4.79 Å². The summed E-state index contributed by atoms with van der Waals surface area (Å²) in [6.07, 6.45) is -3.99. The summed E-state index contributed by atoms with van der Waals surface area (Å²) < 4.78 is 37.3. The molecule has 0 bridgehead atoms. The van der Waals surface area contributed by atoms with E-state index in [2.05, 4.69) is 9.97 Å². The minimum absolute atomic E-state index is 0.119. The molecule has 0 saturated carbocycles. The Morgan fingerprint density at radius 1 is 1.43 bits per heavy atom. The number of rotatable bonds is 5. The average molecular weight is 305 g/mol. The fourth-order valence-electron chi connectivity index (χ4n) is 1.87. The summed E-state index contributed by atoms with van der Waals surface area (Å²) in [7, 11) is 0. The number of carbonyl (C=O) groups is 1. The van der Waals surface area contributed by atoms with Crippen LogP contribution in [-0.2, 0) is 6.42 Å².